The summed E-state index contributed by atoms with van der Waals surface area (Å²) in [4.78, 5) is 12.3. The molecule has 102 valence electrons. The minimum absolute atomic E-state index is 0.191. The van der Waals surface area contributed by atoms with Crippen LogP contribution < -0.4 is 11.1 Å². The lowest BCUT2D eigenvalue weighted by Gasteiger charge is -2.10. The Morgan fingerprint density at radius 3 is 2.60 bits per heavy atom. The number of carbonyl (C=O) groups is 1. The summed E-state index contributed by atoms with van der Waals surface area (Å²) in [6.07, 6.45) is 0. The van der Waals surface area contributed by atoms with E-state index in [0.29, 0.717) is 16.8 Å². The first-order chi connectivity index (χ1) is 9.49. The molecule has 0 aliphatic heterocycles. The van der Waals surface area contributed by atoms with E-state index in [1.807, 2.05) is 0 Å². The van der Waals surface area contributed by atoms with Gasteiger partial charge in [0.25, 0.3) is 5.91 Å². The van der Waals surface area contributed by atoms with Gasteiger partial charge in [0.15, 0.2) is 0 Å². The minimum Gasteiger partial charge on any atom is -0.389 e. The number of thiocarbonyl (C=S) groups is 1. The largest absolute Gasteiger partial charge is 0.389 e. The van der Waals surface area contributed by atoms with E-state index in [2.05, 4.69) is 5.32 Å². The zero-order valence-electron chi connectivity index (χ0n) is 10.8. The maximum atomic E-state index is 13.5. The second kappa shape index (κ2) is 5.79. The molecule has 0 saturated heterocycles. The van der Waals surface area contributed by atoms with Gasteiger partial charge >= 0.3 is 0 Å². The van der Waals surface area contributed by atoms with Gasteiger partial charge in [-0.05, 0) is 36.8 Å². The topological polar surface area (TPSA) is 55.1 Å². The van der Waals surface area contributed by atoms with Crippen molar-refractivity contribution in [1.29, 1.82) is 0 Å². The number of hydrogen-bond acceptors (Lipinski definition) is 2. The van der Waals surface area contributed by atoms with Gasteiger partial charge in [-0.3, -0.25) is 4.79 Å². The van der Waals surface area contributed by atoms with Crippen LogP contribution in [0.5, 0.6) is 0 Å². The highest BCUT2D eigenvalue weighted by atomic mass is 32.1. The molecule has 0 spiro atoms. The summed E-state index contributed by atoms with van der Waals surface area (Å²) >= 11 is 4.92. The van der Waals surface area contributed by atoms with Crippen LogP contribution in [0.1, 0.15) is 21.5 Å². The van der Waals surface area contributed by atoms with E-state index >= 15 is 0 Å². The Bertz CT molecular complexity index is 685. The molecule has 0 aliphatic rings. The molecule has 0 aromatic heterocycles. The Kier molecular flexibility index (Phi) is 4.10. The summed E-state index contributed by atoms with van der Waals surface area (Å²) < 4.78 is 13.5. The number of halogens is 1. The predicted octanol–water partition coefficient (Wildman–Crippen LogP) is 3.02. The van der Waals surface area contributed by atoms with Gasteiger partial charge in [-0.15, -0.1) is 0 Å². The number of hydrogen-bond donors (Lipinski definition) is 2. The smallest absolute Gasteiger partial charge is 0.255 e. The molecule has 20 heavy (non-hydrogen) atoms. The number of aryl methyl sites for hydroxylation is 1. The van der Waals surface area contributed by atoms with Crippen molar-refractivity contribution >= 4 is 28.8 Å². The van der Waals surface area contributed by atoms with Crippen molar-refractivity contribution in [3.63, 3.8) is 0 Å². The van der Waals surface area contributed by atoms with Crippen molar-refractivity contribution < 1.29 is 9.18 Å². The van der Waals surface area contributed by atoms with Crippen LogP contribution in [0.25, 0.3) is 0 Å². The third-order valence-electron chi connectivity index (χ3n) is 2.87. The lowest BCUT2D eigenvalue weighted by molar-refractivity contribution is 0.102. The Balaban J connectivity index is 2.28. The lowest BCUT2D eigenvalue weighted by atomic mass is 10.1. The molecule has 0 bridgehead atoms. The highest BCUT2D eigenvalue weighted by molar-refractivity contribution is 7.80. The summed E-state index contributed by atoms with van der Waals surface area (Å²) in [5.41, 5.74) is 7.40. The maximum Gasteiger partial charge on any atom is 0.255 e. The monoisotopic (exact) mass is 288 g/mol. The standard InChI is InChI=1S/C15H13FN2OS/c1-9-6-7-10(8-12(9)16)15(19)18-13-5-3-2-4-11(13)14(17)20/h2-8H,1H3,(H2,17,20)(H,18,19). The average molecular weight is 288 g/mol. The van der Waals surface area contributed by atoms with Gasteiger partial charge in [0.1, 0.15) is 10.8 Å². The van der Waals surface area contributed by atoms with Crippen LogP contribution in [0.2, 0.25) is 0 Å². The van der Waals surface area contributed by atoms with Crippen molar-refractivity contribution in [2.24, 2.45) is 5.73 Å². The first-order valence-electron chi connectivity index (χ1n) is 5.95. The van der Waals surface area contributed by atoms with E-state index in [1.165, 1.54) is 6.07 Å². The number of nitrogens with two attached hydrogens (primary N) is 1. The Labute approximate surface area is 121 Å². The SMILES string of the molecule is Cc1ccc(C(=O)Nc2ccccc2C(N)=S)cc1F. The number of benzene rings is 2. The fourth-order valence-corrected chi connectivity index (χ4v) is 1.91. The zero-order valence-corrected chi connectivity index (χ0v) is 11.6. The summed E-state index contributed by atoms with van der Waals surface area (Å²) in [7, 11) is 0. The summed E-state index contributed by atoms with van der Waals surface area (Å²) in [6, 6.07) is 11.3. The third-order valence-corrected chi connectivity index (χ3v) is 3.09. The van der Waals surface area contributed by atoms with Gasteiger partial charge in [-0.1, -0.05) is 30.4 Å². The maximum absolute atomic E-state index is 13.5. The molecule has 0 aliphatic carbocycles. The van der Waals surface area contributed by atoms with Crippen LogP contribution in [0.15, 0.2) is 42.5 Å². The van der Waals surface area contributed by atoms with Crippen LogP contribution in [0.4, 0.5) is 10.1 Å². The Morgan fingerprint density at radius 1 is 1.25 bits per heavy atom. The summed E-state index contributed by atoms with van der Waals surface area (Å²) in [5, 5.41) is 2.68. The molecule has 0 heterocycles. The molecule has 0 radical (unpaired) electrons. The Hall–Kier alpha value is -2.27. The van der Waals surface area contributed by atoms with E-state index < -0.39 is 11.7 Å². The number of nitrogens with one attached hydrogen (secondary N) is 1. The summed E-state index contributed by atoms with van der Waals surface area (Å²) in [6.45, 7) is 1.64. The molecule has 5 heteroatoms. The van der Waals surface area contributed by atoms with Crippen LogP contribution in [-0.2, 0) is 0 Å². The van der Waals surface area contributed by atoms with Gasteiger partial charge in [-0.2, -0.15) is 0 Å². The lowest BCUT2D eigenvalue weighted by Crippen LogP contribution is -2.17. The van der Waals surface area contributed by atoms with Gasteiger partial charge in [0, 0.05) is 11.1 Å². The van der Waals surface area contributed by atoms with Crippen molar-refractivity contribution in [3.8, 4) is 0 Å². The molecular formula is C15H13FN2OS. The highest BCUT2D eigenvalue weighted by Gasteiger charge is 2.11. The number of para-hydroxylation sites is 1. The normalized spacial score (nSPS) is 10.1. The molecule has 0 saturated carbocycles. The third kappa shape index (κ3) is 3.00. The zero-order chi connectivity index (χ0) is 14.7. The van der Waals surface area contributed by atoms with Gasteiger partial charge in [0.2, 0.25) is 0 Å². The predicted molar refractivity (Wildman–Crippen MR) is 81.4 cm³/mol. The molecule has 2 rings (SSSR count). The first kappa shape index (κ1) is 14.1. The van der Waals surface area contributed by atoms with Crippen molar-refractivity contribution in [1.82, 2.24) is 0 Å². The van der Waals surface area contributed by atoms with Crippen LogP contribution >= 0.6 is 12.2 Å². The molecular weight excluding hydrogens is 275 g/mol. The van der Waals surface area contributed by atoms with E-state index in [1.54, 1.807) is 43.3 Å². The van der Waals surface area contributed by atoms with Crippen molar-refractivity contribution in [2.75, 3.05) is 5.32 Å². The molecule has 3 N–H and O–H groups in total. The highest BCUT2D eigenvalue weighted by Crippen LogP contribution is 2.17. The average Bonchev–Trinajstić information content (AvgIpc) is 2.42. The Morgan fingerprint density at radius 2 is 1.95 bits per heavy atom. The summed E-state index contributed by atoms with van der Waals surface area (Å²) in [5.74, 6) is -0.826. The van der Waals surface area contributed by atoms with E-state index in [4.69, 9.17) is 18.0 Å². The van der Waals surface area contributed by atoms with Crippen molar-refractivity contribution in [2.45, 2.75) is 6.92 Å². The molecule has 3 nitrogen and oxygen atoms in total. The second-order valence-electron chi connectivity index (χ2n) is 4.33. The van der Waals surface area contributed by atoms with Gasteiger partial charge < -0.3 is 11.1 Å². The second-order valence-corrected chi connectivity index (χ2v) is 4.77. The molecule has 0 fully saturated rings. The van der Waals surface area contributed by atoms with Crippen LogP contribution in [-0.4, -0.2) is 10.9 Å². The number of carbonyl (C=O) groups excluding carboxylic acids is 1. The minimum atomic E-state index is -0.416. The van der Waals surface area contributed by atoms with E-state index in [9.17, 15) is 9.18 Å². The van der Waals surface area contributed by atoms with Crippen LogP contribution in [0.3, 0.4) is 0 Å². The van der Waals surface area contributed by atoms with Gasteiger partial charge in [-0.25, -0.2) is 4.39 Å². The quantitative estimate of drug-likeness (QED) is 0.854. The first-order valence-corrected chi connectivity index (χ1v) is 6.36. The number of anilines is 1. The van der Waals surface area contributed by atoms with E-state index in [-0.39, 0.29) is 10.6 Å². The molecule has 2 aromatic carbocycles. The molecule has 2 aromatic rings. The molecule has 0 unspecified atom stereocenters. The van der Waals surface area contributed by atoms with Gasteiger partial charge in [0.05, 0.1) is 5.69 Å². The van der Waals surface area contributed by atoms with Crippen molar-refractivity contribution in [3.05, 3.63) is 65.0 Å². The fourth-order valence-electron chi connectivity index (χ4n) is 1.74. The molecule has 1 amide bonds. The fraction of sp³-hybridized carbons (Fsp3) is 0.0667. The molecule has 0 atom stereocenters. The number of amides is 1. The van der Waals surface area contributed by atoms with E-state index in [0.717, 1.165) is 0 Å². The van der Waals surface area contributed by atoms with Crippen LogP contribution in [0, 0.1) is 12.7 Å². The number of rotatable bonds is 3.